The molecule has 0 saturated heterocycles. The number of benzene rings is 1. The molecule has 0 aliphatic rings. The Morgan fingerprint density at radius 2 is 1.83 bits per heavy atom. The lowest BCUT2D eigenvalue weighted by molar-refractivity contribution is -0.141. The molecule has 0 radical (unpaired) electrons. The first-order chi connectivity index (χ1) is 11.4. The van der Waals surface area contributed by atoms with Gasteiger partial charge in [-0.15, -0.1) is 0 Å². The van der Waals surface area contributed by atoms with Crippen molar-refractivity contribution in [2.45, 2.75) is 12.7 Å². The van der Waals surface area contributed by atoms with Gasteiger partial charge in [0.05, 0.1) is 0 Å². The molecule has 128 valence electrons. The Bertz CT molecular complexity index is 688. The number of hydrogen-bond acceptors (Lipinski definition) is 5. The smallest absolute Gasteiger partial charge is 0.352 e. The maximum Gasteiger partial charge on any atom is 0.433 e. The van der Waals surface area contributed by atoms with E-state index in [9.17, 15) is 18.0 Å². The van der Waals surface area contributed by atoms with E-state index in [4.69, 9.17) is 5.73 Å². The summed E-state index contributed by atoms with van der Waals surface area (Å²) < 4.78 is 37.6. The van der Waals surface area contributed by atoms with Gasteiger partial charge in [0.1, 0.15) is 5.69 Å². The summed E-state index contributed by atoms with van der Waals surface area (Å²) in [7, 11) is 0. The molecule has 2 aromatic rings. The number of anilines is 1. The topological polar surface area (TPSA) is 92.9 Å². The second-order valence-electron chi connectivity index (χ2n) is 4.85. The van der Waals surface area contributed by atoms with Crippen LogP contribution in [0.3, 0.4) is 0 Å². The molecule has 0 fully saturated rings. The Morgan fingerprint density at radius 1 is 1.12 bits per heavy atom. The minimum atomic E-state index is -4.52. The highest BCUT2D eigenvalue weighted by atomic mass is 19.4. The Morgan fingerprint density at radius 3 is 2.46 bits per heavy atom. The molecule has 0 unspecified atom stereocenters. The average Bonchev–Trinajstić information content (AvgIpc) is 2.58. The van der Waals surface area contributed by atoms with Crippen LogP contribution in [0, 0.1) is 0 Å². The zero-order valence-corrected chi connectivity index (χ0v) is 12.6. The van der Waals surface area contributed by atoms with Gasteiger partial charge >= 0.3 is 6.18 Å². The highest BCUT2D eigenvalue weighted by molar-refractivity contribution is 5.94. The van der Waals surface area contributed by atoms with Crippen molar-refractivity contribution in [3.63, 3.8) is 0 Å². The molecule has 0 aliphatic carbocycles. The molecule has 0 aliphatic heterocycles. The van der Waals surface area contributed by atoms with Crippen molar-refractivity contribution >= 4 is 11.9 Å². The number of carbonyl (C=O) groups is 1. The highest BCUT2D eigenvalue weighted by Crippen LogP contribution is 2.27. The van der Waals surface area contributed by atoms with Crippen LogP contribution in [0.1, 0.15) is 21.6 Å². The molecule has 6 nitrogen and oxygen atoms in total. The summed E-state index contributed by atoms with van der Waals surface area (Å²) in [5.41, 5.74) is 5.84. The van der Waals surface area contributed by atoms with Gasteiger partial charge in [-0.2, -0.15) is 13.2 Å². The molecule has 1 aromatic carbocycles. The summed E-state index contributed by atoms with van der Waals surface area (Å²) in [5.74, 6) is -0.434. The largest absolute Gasteiger partial charge is 0.433 e. The van der Waals surface area contributed by atoms with E-state index in [1.807, 2.05) is 0 Å². The van der Waals surface area contributed by atoms with E-state index in [-0.39, 0.29) is 24.9 Å². The number of halogens is 3. The van der Waals surface area contributed by atoms with Crippen LogP contribution in [-0.2, 0) is 12.7 Å². The standard InChI is InChI=1S/C15H16F3N5O/c16-15(17,18)12-5-6-21-14(23-12)22-8-7-20-13(24)11-3-1-10(9-19)2-4-11/h1-6H,7-9,19H2,(H,20,24)(H,21,22,23). The fraction of sp³-hybridized carbons (Fsp3) is 0.267. The number of nitrogens with two attached hydrogens (primary N) is 1. The van der Waals surface area contributed by atoms with Gasteiger partial charge in [0.15, 0.2) is 0 Å². The molecule has 24 heavy (non-hydrogen) atoms. The van der Waals surface area contributed by atoms with Gasteiger partial charge in [-0.3, -0.25) is 4.79 Å². The van der Waals surface area contributed by atoms with Gasteiger partial charge in [-0.1, -0.05) is 12.1 Å². The van der Waals surface area contributed by atoms with Gasteiger partial charge in [-0.25, -0.2) is 9.97 Å². The maximum absolute atomic E-state index is 12.5. The predicted octanol–water partition coefficient (Wildman–Crippen LogP) is 1.80. The molecular formula is C15H16F3N5O. The molecule has 1 aromatic heterocycles. The lowest BCUT2D eigenvalue weighted by Crippen LogP contribution is -2.29. The summed E-state index contributed by atoms with van der Waals surface area (Å²) in [6, 6.07) is 7.60. The van der Waals surface area contributed by atoms with Crippen molar-refractivity contribution in [1.82, 2.24) is 15.3 Å². The predicted molar refractivity (Wildman–Crippen MR) is 82.2 cm³/mol. The van der Waals surface area contributed by atoms with Gasteiger partial charge in [0.25, 0.3) is 5.91 Å². The number of amides is 1. The highest BCUT2D eigenvalue weighted by Gasteiger charge is 2.32. The van der Waals surface area contributed by atoms with Crippen LogP contribution in [0.5, 0.6) is 0 Å². The molecule has 0 atom stereocenters. The average molecular weight is 339 g/mol. The number of carbonyl (C=O) groups excluding carboxylic acids is 1. The summed E-state index contributed by atoms with van der Waals surface area (Å²) in [5, 5.41) is 5.27. The Hall–Kier alpha value is -2.68. The van der Waals surface area contributed by atoms with E-state index in [0.717, 1.165) is 17.8 Å². The third-order valence-corrected chi connectivity index (χ3v) is 3.09. The van der Waals surface area contributed by atoms with Gasteiger partial charge in [0.2, 0.25) is 5.95 Å². The van der Waals surface area contributed by atoms with E-state index >= 15 is 0 Å². The first kappa shape index (κ1) is 17.7. The molecule has 0 spiro atoms. The first-order valence-electron chi connectivity index (χ1n) is 7.11. The summed E-state index contributed by atoms with van der Waals surface area (Å²) in [6.07, 6.45) is -3.50. The van der Waals surface area contributed by atoms with Crippen molar-refractivity contribution in [3.05, 3.63) is 53.3 Å². The van der Waals surface area contributed by atoms with Crippen LogP contribution < -0.4 is 16.4 Å². The molecule has 4 N–H and O–H groups in total. The summed E-state index contributed by atoms with van der Waals surface area (Å²) >= 11 is 0. The summed E-state index contributed by atoms with van der Waals surface area (Å²) in [6.45, 7) is 0.786. The molecule has 2 rings (SSSR count). The van der Waals surface area contributed by atoms with E-state index in [0.29, 0.717) is 12.1 Å². The zero-order valence-electron chi connectivity index (χ0n) is 12.6. The van der Waals surface area contributed by atoms with Crippen molar-refractivity contribution in [3.8, 4) is 0 Å². The number of aromatic nitrogens is 2. The van der Waals surface area contributed by atoms with Gasteiger partial charge in [-0.05, 0) is 23.8 Å². The Balaban J connectivity index is 1.81. The fourth-order valence-corrected chi connectivity index (χ4v) is 1.85. The number of hydrogen-bond donors (Lipinski definition) is 3. The van der Waals surface area contributed by atoms with E-state index in [2.05, 4.69) is 20.6 Å². The minimum Gasteiger partial charge on any atom is -0.352 e. The zero-order chi connectivity index (χ0) is 17.6. The molecular weight excluding hydrogens is 323 g/mol. The van der Waals surface area contributed by atoms with Crippen LogP contribution in [0.2, 0.25) is 0 Å². The quantitative estimate of drug-likeness (QED) is 0.698. The Kier molecular flexibility index (Phi) is 5.69. The third kappa shape index (κ3) is 4.92. The van der Waals surface area contributed by atoms with Crippen molar-refractivity contribution < 1.29 is 18.0 Å². The van der Waals surface area contributed by atoms with Gasteiger partial charge in [0, 0.05) is 31.4 Å². The van der Waals surface area contributed by atoms with E-state index in [1.54, 1.807) is 24.3 Å². The van der Waals surface area contributed by atoms with Gasteiger partial charge < -0.3 is 16.4 Å². The lowest BCUT2D eigenvalue weighted by atomic mass is 10.1. The van der Waals surface area contributed by atoms with Crippen LogP contribution in [-0.4, -0.2) is 29.0 Å². The van der Waals surface area contributed by atoms with Crippen molar-refractivity contribution in [1.29, 1.82) is 0 Å². The third-order valence-electron chi connectivity index (χ3n) is 3.09. The second-order valence-corrected chi connectivity index (χ2v) is 4.85. The molecule has 0 saturated carbocycles. The number of rotatable bonds is 6. The maximum atomic E-state index is 12.5. The molecule has 0 bridgehead atoms. The lowest BCUT2D eigenvalue weighted by Gasteiger charge is -2.09. The number of alkyl halides is 3. The van der Waals surface area contributed by atoms with E-state index in [1.165, 1.54) is 0 Å². The van der Waals surface area contributed by atoms with Crippen LogP contribution in [0.15, 0.2) is 36.5 Å². The molecule has 1 heterocycles. The number of nitrogens with zero attached hydrogens (tertiary/aromatic N) is 2. The Labute approximate surface area is 136 Å². The summed E-state index contributed by atoms with van der Waals surface area (Å²) in [4.78, 5) is 19.0. The minimum absolute atomic E-state index is 0.147. The van der Waals surface area contributed by atoms with Crippen LogP contribution in [0.25, 0.3) is 0 Å². The monoisotopic (exact) mass is 339 g/mol. The van der Waals surface area contributed by atoms with Crippen LogP contribution >= 0.6 is 0 Å². The first-order valence-corrected chi connectivity index (χ1v) is 7.11. The van der Waals surface area contributed by atoms with Crippen molar-refractivity contribution in [2.75, 3.05) is 18.4 Å². The number of nitrogens with one attached hydrogen (secondary N) is 2. The normalized spacial score (nSPS) is 11.2. The fourth-order valence-electron chi connectivity index (χ4n) is 1.85. The van der Waals surface area contributed by atoms with Crippen molar-refractivity contribution in [2.24, 2.45) is 5.73 Å². The molecule has 1 amide bonds. The van der Waals surface area contributed by atoms with E-state index < -0.39 is 11.9 Å². The molecule has 9 heteroatoms. The van der Waals surface area contributed by atoms with Crippen LogP contribution in [0.4, 0.5) is 19.1 Å². The second kappa shape index (κ2) is 7.73. The SMILES string of the molecule is NCc1ccc(C(=O)NCCNc2nccc(C(F)(F)F)n2)cc1.